The number of rotatable bonds is 5. The van der Waals surface area contributed by atoms with Crippen molar-refractivity contribution < 1.29 is 9.53 Å². The van der Waals surface area contributed by atoms with E-state index in [1.807, 2.05) is 0 Å². The molecule has 0 unspecified atom stereocenters. The predicted octanol–water partition coefficient (Wildman–Crippen LogP) is 2.63. The van der Waals surface area contributed by atoms with Gasteiger partial charge in [0.05, 0.1) is 5.56 Å². The van der Waals surface area contributed by atoms with Crippen LogP contribution in [0.15, 0.2) is 49.1 Å². The molecule has 6 heteroatoms. The summed E-state index contributed by atoms with van der Waals surface area (Å²) in [6.07, 6.45) is 10.1. The number of ether oxygens (including phenoxy) is 1. The van der Waals surface area contributed by atoms with Gasteiger partial charge in [-0.2, -0.15) is 0 Å². The second kappa shape index (κ2) is 7.66. The van der Waals surface area contributed by atoms with Crippen LogP contribution in [0, 0.1) is 5.92 Å². The molecule has 26 heavy (non-hydrogen) atoms. The Hall–Kier alpha value is -2.73. The smallest absolute Gasteiger partial charge is 0.254 e. The summed E-state index contributed by atoms with van der Waals surface area (Å²) in [5.41, 5.74) is 2.96. The Labute approximate surface area is 152 Å². The molecule has 0 spiro atoms. The maximum Gasteiger partial charge on any atom is 0.254 e. The molecule has 1 aromatic carbocycles. The van der Waals surface area contributed by atoms with Gasteiger partial charge >= 0.3 is 0 Å². The molecule has 4 rings (SSSR count). The lowest BCUT2D eigenvalue weighted by Crippen LogP contribution is -2.23. The second-order valence-electron chi connectivity index (χ2n) is 6.74. The van der Waals surface area contributed by atoms with Gasteiger partial charge in [-0.25, -0.2) is 9.97 Å². The Morgan fingerprint density at radius 1 is 1.15 bits per heavy atom. The van der Waals surface area contributed by atoms with Crippen LogP contribution in [0.4, 0.5) is 0 Å². The van der Waals surface area contributed by atoms with E-state index in [0.717, 1.165) is 44.0 Å². The quantitative estimate of drug-likeness (QED) is 0.768. The molecule has 1 fully saturated rings. The van der Waals surface area contributed by atoms with Crippen LogP contribution in [0.3, 0.4) is 0 Å². The van der Waals surface area contributed by atoms with Gasteiger partial charge in [-0.05, 0) is 36.3 Å². The lowest BCUT2D eigenvalue weighted by molar-refractivity contribution is 0.0665. The van der Waals surface area contributed by atoms with E-state index in [1.165, 1.54) is 5.56 Å². The molecule has 1 aliphatic heterocycles. The first-order chi connectivity index (χ1) is 12.8. The van der Waals surface area contributed by atoms with Crippen LogP contribution in [0.1, 0.15) is 34.3 Å². The van der Waals surface area contributed by atoms with Gasteiger partial charge in [0.25, 0.3) is 5.91 Å². The monoisotopic (exact) mass is 350 g/mol. The molecule has 1 saturated heterocycles. The van der Waals surface area contributed by atoms with Crippen LogP contribution < -0.4 is 5.32 Å². The molecule has 0 saturated carbocycles. The van der Waals surface area contributed by atoms with Gasteiger partial charge in [-0.1, -0.05) is 24.3 Å². The summed E-state index contributed by atoms with van der Waals surface area (Å²) in [5.74, 6) is 1.17. The first-order valence-corrected chi connectivity index (χ1v) is 9.00. The number of amides is 1. The van der Waals surface area contributed by atoms with Crippen LogP contribution in [0.5, 0.6) is 0 Å². The number of imidazole rings is 1. The largest absolute Gasteiger partial charge is 0.381 e. The minimum atomic E-state index is -0.139. The van der Waals surface area contributed by atoms with Crippen molar-refractivity contribution in [3.63, 3.8) is 0 Å². The average molecular weight is 350 g/mol. The molecule has 1 amide bonds. The summed E-state index contributed by atoms with van der Waals surface area (Å²) in [6, 6.07) is 8.50. The zero-order valence-corrected chi connectivity index (χ0v) is 14.6. The third kappa shape index (κ3) is 3.91. The van der Waals surface area contributed by atoms with Crippen molar-refractivity contribution in [2.75, 3.05) is 13.2 Å². The molecule has 1 N–H and O–H groups in total. The van der Waals surface area contributed by atoms with E-state index < -0.39 is 0 Å². The van der Waals surface area contributed by atoms with E-state index >= 15 is 0 Å². The molecule has 2 aromatic heterocycles. The first kappa shape index (κ1) is 16.7. The molecule has 0 bridgehead atoms. The summed E-state index contributed by atoms with van der Waals surface area (Å²) in [6.45, 7) is 2.27. The van der Waals surface area contributed by atoms with Gasteiger partial charge in [0, 0.05) is 44.5 Å². The number of carbonyl (C=O) groups is 1. The van der Waals surface area contributed by atoms with Crippen molar-refractivity contribution >= 4 is 11.7 Å². The van der Waals surface area contributed by atoms with E-state index in [9.17, 15) is 4.79 Å². The molecule has 0 aliphatic carbocycles. The maximum absolute atomic E-state index is 12.3. The van der Waals surface area contributed by atoms with Gasteiger partial charge in [-0.15, -0.1) is 0 Å². The van der Waals surface area contributed by atoms with E-state index in [4.69, 9.17) is 4.74 Å². The molecule has 6 nitrogen and oxygen atoms in total. The van der Waals surface area contributed by atoms with Crippen molar-refractivity contribution in [1.82, 2.24) is 19.7 Å². The molecule has 0 radical (unpaired) electrons. The van der Waals surface area contributed by atoms with Crippen molar-refractivity contribution in [3.8, 4) is 0 Å². The highest BCUT2D eigenvalue weighted by atomic mass is 16.5. The second-order valence-corrected chi connectivity index (χ2v) is 6.74. The minimum Gasteiger partial charge on any atom is -0.381 e. The van der Waals surface area contributed by atoms with E-state index in [1.54, 1.807) is 29.2 Å². The fraction of sp³-hybridized carbons (Fsp3) is 0.350. The Kier molecular flexibility index (Phi) is 4.93. The molecule has 3 heterocycles. The third-order valence-electron chi connectivity index (χ3n) is 4.85. The Balaban J connectivity index is 1.32. The van der Waals surface area contributed by atoms with Gasteiger partial charge < -0.3 is 10.1 Å². The summed E-state index contributed by atoms with van der Waals surface area (Å²) in [7, 11) is 0. The molecular formula is C20H22N4O2. The fourth-order valence-electron chi connectivity index (χ4n) is 3.30. The SMILES string of the molecule is O=C(NCc1ccc(CC2CCOCC2)cc1)c1cnc2nccn2c1. The van der Waals surface area contributed by atoms with E-state index in [-0.39, 0.29) is 5.91 Å². The topological polar surface area (TPSA) is 68.5 Å². The zero-order valence-electron chi connectivity index (χ0n) is 14.6. The Bertz CT molecular complexity index is 882. The van der Waals surface area contributed by atoms with E-state index in [2.05, 4.69) is 39.6 Å². The molecule has 1 aliphatic rings. The number of hydrogen-bond acceptors (Lipinski definition) is 4. The van der Waals surface area contributed by atoms with Gasteiger partial charge in [0.15, 0.2) is 0 Å². The number of fused-ring (bicyclic) bond motifs is 1. The summed E-state index contributed by atoms with van der Waals surface area (Å²) >= 11 is 0. The van der Waals surface area contributed by atoms with Gasteiger partial charge in [-0.3, -0.25) is 9.20 Å². The highest BCUT2D eigenvalue weighted by Gasteiger charge is 2.14. The summed E-state index contributed by atoms with van der Waals surface area (Å²) in [5, 5.41) is 2.94. The Morgan fingerprint density at radius 3 is 2.73 bits per heavy atom. The molecule has 0 atom stereocenters. The number of aromatic nitrogens is 3. The van der Waals surface area contributed by atoms with Crippen LogP contribution >= 0.6 is 0 Å². The van der Waals surface area contributed by atoms with Crippen molar-refractivity contribution in [2.45, 2.75) is 25.8 Å². The van der Waals surface area contributed by atoms with Gasteiger partial charge in [0.1, 0.15) is 0 Å². The lowest BCUT2D eigenvalue weighted by atomic mass is 9.92. The number of benzene rings is 1. The number of nitrogens with one attached hydrogen (secondary N) is 1. The molecular weight excluding hydrogens is 328 g/mol. The average Bonchev–Trinajstić information content (AvgIpc) is 3.16. The molecule has 134 valence electrons. The van der Waals surface area contributed by atoms with Crippen molar-refractivity contribution in [3.05, 3.63) is 65.7 Å². The number of carbonyl (C=O) groups excluding carboxylic acids is 1. The zero-order chi connectivity index (χ0) is 17.8. The lowest BCUT2D eigenvalue weighted by Gasteiger charge is -2.22. The summed E-state index contributed by atoms with van der Waals surface area (Å²) < 4.78 is 7.15. The van der Waals surface area contributed by atoms with Crippen LogP contribution in [-0.4, -0.2) is 33.5 Å². The number of nitrogens with zero attached hydrogens (tertiary/aromatic N) is 3. The van der Waals surface area contributed by atoms with Crippen LogP contribution in [-0.2, 0) is 17.7 Å². The highest BCUT2D eigenvalue weighted by molar-refractivity contribution is 5.93. The van der Waals surface area contributed by atoms with Crippen molar-refractivity contribution in [2.24, 2.45) is 5.92 Å². The first-order valence-electron chi connectivity index (χ1n) is 9.00. The third-order valence-corrected chi connectivity index (χ3v) is 4.85. The number of hydrogen-bond donors (Lipinski definition) is 1. The predicted molar refractivity (Wildman–Crippen MR) is 97.8 cm³/mol. The van der Waals surface area contributed by atoms with E-state index in [0.29, 0.717) is 17.9 Å². The highest BCUT2D eigenvalue weighted by Crippen LogP contribution is 2.20. The van der Waals surface area contributed by atoms with Crippen LogP contribution in [0.25, 0.3) is 5.78 Å². The maximum atomic E-state index is 12.3. The summed E-state index contributed by atoms with van der Waals surface area (Å²) in [4.78, 5) is 20.6. The minimum absolute atomic E-state index is 0.139. The fourth-order valence-corrected chi connectivity index (χ4v) is 3.30. The van der Waals surface area contributed by atoms with Crippen molar-refractivity contribution in [1.29, 1.82) is 0 Å². The normalized spacial score (nSPS) is 15.2. The molecule has 3 aromatic rings. The Morgan fingerprint density at radius 2 is 1.92 bits per heavy atom. The van der Waals surface area contributed by atoms with Gasteiger partial charge in [0.2, 0.25) is 5.78 Å². The van der Waals surface area contributed by atoms with Crippen LogP contribution in [0.2, 0.25) is 0 Å². The standard InChI is InChI=1S/C20H22N4O2/c25-19(18-13-23-20-21-7-8-24(20)14-18)22-12-17-3-1-15(2-4-17)11-16-5-9-26-10-6-16/h1-4,7-8,13-14,16H,5-6,9-12H2,(H,22,25).